The lowest BCUT2D eigenvalue weighted by atomic mass is 10.3. The minimum absolute atomic E-state index is 0.730. The lowest BCUT2D eigenvalue weighted by Gasteiger charge is -1.98. The van der Waals surface area contributed by atoms with Crippen LogP contribution in [-0.4, -0.2) is 16.8 Å². The Kier molecular flexibility index (Phi) is 3.16. The van der Waals surface area contributed by atoms with Crippen LogP contribution in [0.2, 0.25) is 0 Å². The van der Waals surface area contributed by atoms with Gasteiger partial charge in [-0.15, -0.1) is 0 Å². The van der Waals surface area contributed by atoms with Gasteiger partial charge in [0.15, 0.2) is 5.76 Å². The van der Waals surface area contributed by atoms with E-state index in [1.54, 1.807) is 0 Å². The molecule has 0 aromatic carbocycles. The number of nitrogens with one attached hydrogen (secondary N) is 1. The largest absolute Gasteiger partial charge is 0.460 e. The number of aryl methyl sites for hydroxylation is 2. The quantitative estimate of drug-likeness (QED) is 0.941. The van der Waals surface area contributed by atoms with Crippen molar-refractivity contribution in [2.45, 2.75) is 13.5 Å². The number of furan rings is 1. The predicted octanol–water partition coefficient (Wildman–Crippen LogP) is 2.47. The van der Waals surface area contributed by atoms with Gasteiger partial charge in [0.2, 0.25) is 0 Å². The highest BCUT2D eigenvalue weighted by molar-refractivity contribution is 9.10. The van der Waals surface area contributed by atoms with E-state index < -0.39 is 0 Å². The molecule has 1 N–H and O–H groups in total. The van der Waals surface area contributed by atoms with Crippen LogP contribution in [0.15, 0.2) is 21.0 Å². The molecule has 2 rings (SSSR count). The number of halogens is 1. The number of aromatic nitrogens is 2. The highest BCUT2D eigenvalue weighted by Crippen LogP contribution is 2.31. The van der Waals surface area contributed by atoms with Crippen molar-refractivity contribution < 1.29 is 4.42 Å². The third-order valence-electron chi connectivity index (χ3n) is 2.37. The molecule has 16 heavy (non-hydrogen) atoms. The maximum absolute atomic E-state index is 5.61. The van der Waals surface area contributed by atoms with Gasteiger partial charge in [0.05, 0.1) is 10.2 Å². The number of rotatable bonds is 3. The molecule has 0 aliphatic rings. The maximum Gasteiger partial charge on any atom is 0.153 e. The molecule has 0 saturated carbocycles. The van der Waals surface area contributed by atoms with Crippen LogP contribution in [0.1, 0.15) is 11.5 Å². The summed E-state index contributed by atoms with van der Waals surface area (Å²) >= 11 is 3.57. The summed E-state index contributed by atoms with van der Waals surface area (Å²) in [4.78, 5) is 0. The first-order valence-corrected chi connectivity index (χ1v) is 5.85. The van der Waals surface area contributed by atoms with Crippen LogP contribution in [0.5, 0.6) is 0 Å². The smallest absolute Gasteiger partial charge is 0.153 e. The van der Waals surface area contributed by atoms with Crippen LogP contribution in [0.4, 0.5) is 0 Å². The summed E-state index contributed by atoms with van der Waals surface area (Å²) in [6, 6.07) is 3.91. The average molecular weight is 284 g/mol. The van der Waals surface area contributed by atoms with Crippen molar-refractivity contribution in [3.63, 3.8) is 0 Å². The summed E-state index contributed by atoms with van der Waals surface area (Å²) in [6.07, 6.45) is 0. The van der Waals surface area contributed by atoms with E-state index in [1.165, 1.54) is 0 Å². The fourth-order valence-electron chi connectivity index (χ4n) is 1.66. The molecule has 0 atom stereocenters. The van der Waals surface area contributed by atoms with Gasteiger partial charge in [0.1, 0.15) is 11.5 Å². The summed E-state index contributed by atoms with van der Waals surface area (Å²) < 4.78 is 8.42. The Morgan fingerprint density at radius 1 is 1.50 bits per heavy atom. The first-order valence-electron chi connectivity index (χ1n) is 5.06. The molecule has 0 amide bonds. The molecule has 2 heterocycles. The van der Waals surface area contributed by atoms with Gasteiger partial charge >= 0.3 is 0 Å². The zero-order chi connectivity index (χ0) is 11.7. The van der Waals surface area contributed by atoms with Gasteiger partial charge in [-0.2, -0.15) is 5.10 Å². The standard InChI is InChI=1S/C11H14BrN3O/c1-7-4-5-9(16-7)11-10(12)8(6-13-2)14-15(11)3/h4-5,13H,6H2,1-3H3. The SMILES string of the molecule is CNCc1nn(C)c(-c2ccc(C)o2)c1Br. The van der Waals surface area contributed by atoms with E-state index in [0.29, 0.717) is 0 Å². The molecule has 0 saturated heterocycles. The van der Waals surface area contributed by atoms with Crippen LogP contribution >= 0.6 is 15.9 Å². The zero-order valence-corrected chi connectivity index (χ0v) is 11.1. The predicted molar refractivity (Wildman–Crippen MR) is 66.1 cm³/mol. The van der Waals surface area contributed by atoms with Crippen LogP contribution in [0, 0.1) is 6.92 Å². The van der Waals surface area contributed by atoms with E-state index in [0.717, 1.165) is 33.9 Å². The Morgan fingerprint density at radius 2 is 2.25 bits per heavy atom. The molecular weight excluding hydrogens is 270 g/mol. The Labute approximate surface area is 103 Å². The van der Waals surface area contributed by atoms with E-state index in [4.69, 9.17) is 4.42 Å². The number of hydrogen-bond acceptors (Lipinski definition) is 3. The van der Waals surface area contributed by atoms with Gasteiger partial charge in [0, 0.05) is 13.6 Å². The van der Waals surface area contributed by atoms with Crippen LogP contribution in [0.25, 0.3) is 11.5 Å². The van der Waals surface area contributed by atoms with Crippen molar-refractivity contribution in [3.05, 3.63) is 28.1 Å². The lowest BCUT2D eigenvalue weighted by Crippen LogP contribution is -2.06. The second-order valence-corrected chi connectivity index (χ2v) is 4.47. The Hall–Kier alpha value is -1.07. The molecule has 5 heteroatoms. The molecule has 0 unspecified atom stereocenters. The first kappa shape index (κ1) is 11.4. The second kappa shape index (κ2) is 4.43. The summed E-state index contributed by atoms with van der Waals surface area (Å²) in [5, 5.41) is 7.52. The van der Waals surface area contributed by atoms with Gasteiger partial charge in [-0.1, -0.05) is 0 Å². The summed E-state index contributed by atoms with van der Waals surface area (Å²) in [5.41, 5.74) is 1.95. The molecule has 0 aliphatic heterocycles. The van der Waals surface area contributed by atoms with Crippen molar-refractivity contribution in [3.8, 4) is 11.5 Å². The second-order valence-electron chi connectivity index (χ2n) is 3.67. The van der Waals surface area contributed by atoms with Crippen molar-refractivity contribution in [1.29, 1.82) is 0 Å². The summed E-state index contributed by atoms with van der Waals surface area (Å²) in [7, 11) is 3.81. The van der Waals surface area contributed by atoms with E-state index >= 15 is 0 Å². The summed E-state index contributed by atoms with van der Waals surface area (Å²) in [6.45, 7) is 2.66. The third kappa shape index (κ3) is 1.92. The molecule has 0 radical (unpaired) electrons. The van der Waals surface area contributed by atoms with Gasteiger partial charge < -0.3 is 9.73 Å². The van der Waals surface area contributed by atoms with Crippen molar-refractivity contribution >= 4 is 15.9 Å². The minimum atomic E-state index is 0.730. The fraction of sp³-hybridized carbons (Fsp3) is 0.364. The van der Waals surface area contributed by atoms with Crippen molar-refractivity contribution in [1.82, 2.24) is 15.1 Å². The Bertz CT molecular complexity index is 501. The lowest BCUT2D eigenvalue weighted by molar-refractivity contribution is 0.541. The molecule has 0 bridgehead atoms. The van der Waals surface area contributed by atoms with Crippen LogP contribution in [-0.2, 0) is 13.6 Å². The molecule has 0 aliphatic carbocycles. The fourth-order valence-corrected chi connectivity index (χ4v) is 2.34. The highest BCUT2D eigenvalue weighted by Gasteiger charge is 2.17. The van der Waals surface area contributed by atoms with Crippen molar-refractivity contribution in [2.24, 2.45) is 7.05 Å². The Balaban J connectivity index is 2.48. The molecule has 4 nitrogen and oxygen atoms in total. The number of hydrogen-bond donors (Lipinski definition) is 1. The normalized spacial score (nSPS) is 11.0. The van der Waals surface area contributed by atoms with E-state index in [-0.39, 0.29) is 0 Å². The molecule has 2 aromatic rings. The van der Waals surface area contributed by atoms with Gasteiger partial charge in [-0.25, -0.2) is 0 Å². The Morgan fingerprint density at radius 3 is 2.81 bits per heavy atom. The van der Waals surface area contributed by atoms with Crippen molar-refractivity contribution in [2.75, 3.05) is 7.05 Å². The molecule has 2 aromatic heterocycles. The zero-order valence-electron chi connectivity index (χ0n) is 9.54. The molecular formula is C11H14BrN3O. The molecule has 86 valence electrons. The third-order valence-corrected chi connectivity index (χ3v) is 3.21. The van der Waals surface area contributed by atoms with Gasteiger partial charge in [0.25, 0.3) is 0 Å². The summed E-state index contributed by atoms with van der Waals surface area (Å²) in [5.74, 6) is 1.74. The highest BCUT2D eigenvalue weighted by atomic mass is 79.9. The monoisotopic (exact) mass is 283 g/mol. The van der Waals surface area contributed by atoms with Gasteiger partial charge in [-0.05, 0) is 42.0 Å². The number of nitrogens with zero attached hydrogens (tertiary/aromatic N) is 2. The average Bonchev–Trinajstić information content (AvgIpc) is 2.74. The van der Waals surface area contributed by atoms with E-state index in [9.17, 15) is 0 Å². The van der Waals surface area contributed by atoms with Gasteiger partial charge in [-0.3, -0.25) is 4.68 Å². The van der Waals surface area contributed by atoms with E-state index in [1.807, 2.05) is 37.8 Å². The molecule has 0 spiro atoms. The maximum atomic E-state index is 5.61. The minimum Gasteiger partial charge on any atom is -0.460 e. The first-order chi connectivity index (χ1) is 7.63. The topological polar surface area (TPSA) is 43.0 Å². The van der Waals surface area contributed by atoms with E-state index in [2.05, 4.69) is 26.3 Å². The van der Waals surface area contributed by atoms with Crippen LogP contribution in [0.3, 0.4) is 0 Å². The molecule has 0 fully saturated rings. The van der Waals surface area contributed by atoms with Crippen LogP contribution < -0.4 is 5.32 Å².